The Bertz CT molecular complexity index is 1500. The maximum absolute atomic E-state index is 12.7. The highest BCUT2D eigenvalue weighted by molar-refractivity contribution is 5.94. The fraction of sp³-hybridized carbons (Fsp3) is 0.258. The van der Waals surface area contributed by atoms with Crippen molar-refractivity contribution in [3.05, 3.63) is 107 Å². The van der Waals surface area contributed by atoms with Crippen LogP contribution in [0, 0.1) is 0 Å². The highest BCUT2D eigenvalue weighted by Crippen LogP contribution is 2.42. The van der Waals surface area contributed by atoms with Crippen LogP contribution >= 0.6 is 0 Å². The third-order valence-corrected chi connectivity index (χ3v) is 6.26. The molecule has 4 N–H and O–H groups in total. The number of alkyl halides is 6. The number of aldehydes is 1. The molecule has 47 heavy (non-hydrogen) atoms. The third-order valence-electron chi connectivity index (χ3n) is 6.26. The molecule has 0 saturated heterocycles. The summed E-state index contributed by atoms with van der Waals surface area (Å²) in [7, 11) is 0. The van der Waals surface area contributed by atoms with Crippen molar-refractivity contribution in [3.63, 3.8) is 0 Å². The Morgan fingerprint density at radius 1 is 0.745 bits per heavy atom. The molecule has 0 aliphatic rings. The van der Waals surface area contributed by atoms with Crippen molar-refractivity contribution in [1.82, 2.24) is 10.6 Å². The van der Waals surface area contributed by atoms with E-state index in [2.05, 4.69) is 10.6 Å². The monoisotopic (exact) mass is 670 g/mol. The smallest absolute Gasteiger partial charge is 0.416 e. The summed E-state index contributed by atoms with van der Waals surface area (Å²) in [6, 6.07) is 17.3. The predicted octanol–water partition coefficient (Wildman–Crippen LogP) is 5.20. The van der Waals surface area contributed by atoms with Crippen LogP contribution in [0.1, 0.15) is 40.7 Å². The summed E-state index contributed by atoms with van der Waals surface area (Å²) in [5.41, 5.74) is -3.56. The van der Waals surface area contributed by atoms with Gasteiger partial charge in [0.1, 0.15) is 30.9 Å². The number of rotatable bonds is 11. The Kier molecular flexibility index (Phi) is 13.5. The first-order chi connectivity index (χ1) is 21.9. The number of amides is 2. The Morgan fingerprint density at radius 3 is 1.66 bits per heavy atom. The first-order valence-electron chi connectivity index (χ1n) is 13.4. The van der Waals surface area contributed by atoms with E-state index in [1.807, 2.05) is 60.7 Å². The molecule has 252 valence electrons. The zero-order valence-electron chi connectivity index (χ0n) is 24.3. The van der Waals surface area contributed by atoms with Gasteiger partial charge in [0.05, 0.1) is 11.1 Å². The molecule has 1 unspecified atom stereocenters. The van der Waals surface area contributed by atoms with Gasteiger partial charge >= 0.3 is 30.4 Å². The lowest BCUT2D eigenvalue weighted by Crippen LogP contribution is -2.51. The second kappa shape index (κ2) is 16.8. The number of ether oxygens (including phenoxy) is 1. The molecule has 2 amide bonds. The molecular formula is C31H28F6N2O8. The van der Waals surface area contributed by atoms with Crippen molar-refractivity contribution in [2.75, 3.05) is 0 Å². The molecule has 0 bridgehead atoms. The summed E-state index contributed by atoms with van der Waals surface area (Å²) in [6.45, 7) is 1.42. The summed E-state index contributed by atoms with van der Waals surface area (Å²) in [5, 5.41) is 22.5. The number of carboxylic acids is 2. The summed E-state index contributed by atoms with van der Waals surface area (Å²) >= 11 is 0. The molecule has 0 spiro atoms. The highest BCUT2D eigenvalue weighted by Gasteiger charge is 2.44. The molecule has 0 heterocycles. The maximum Gasteiger partial charge on any atom is 0.416 e. The summed E-state index contributed by atoms with van der Waals surface area (Å²) in [6.07, 6.45) is -11.4. The van der Waals surface area contributed by atoms with Crippen molar-refractivity contribution < 1.29 is 65.3 Å². The van der Waals surface area contributed by atoms with E-state index in [-0.39, 0.29) is 13.0 Å². The van der Waals surface area contributed by atoms with Gasteiger partial charge in [0.25, 0.3) is 0 Å². The van der Waals surface area contributed by atoms with Crippen LogP contribution in [0.2, 0.25) is 0 Å². The van der Waals surface area contributed by atoms with Gasteiger partial charge in [-0.25, -0.2) is 4.79 Å². The van der Waals surface area contributed by atoms with Crippen LogP contribution in [0.3, 0.4) is 0 Å². The molecule has 3 aromatic carbocycles. The van der Waals surface area contributed by atoms with Crippen molar-refractivity contribution in [2.24, 2.45) is 0 Å². The molecule has 16 heteroatoms. The Hall–Kier alpha value is -5.41. The number of halogens is 6. The van der Waals surface area contributed by atoms with Crippen LogP contribution < -0.4 is 10.6 Å². The van der Waals surface area contributed by atoms with E-state index < -0.39 is 77.3 Å². The number of benzene rings is 3. The van der Waals surface area contributed by atoms with E-state index in [9.17, 15) is 50.3 Å². The molecule has 3 atom stereocenters. The van der Waals surface area contributed by atoms with Crippen LogP contribution in [0.15, 0.2) is 78.9 Å². The van der Waals surface area contributed by atoms with Crippen LogP contribution in [0.5, 0.6) is 0 Å². The predicted molar refractivity (Wildman–Crippen MR) is 152 cm³/mol. The molecule has 10 nitrogen and oxygen atoms in total. The van der Waals surface area contributed by atoms with Crippen LogP contribution in [0.25, 0.3) is 0 Å². The number of carboxylic acid groups (broad SMARTS) is 2. The van der Waals surface area contributed by atoms with Gasteiger partial charge < -0.3 is 30.4 Å². The highest BCUT2D eigenvalue weighted by atomic mass is 19.4. The summed E-state index contributed by atoms with van der Waals surface area (Å²) < 4.78 is 81.4. The van der Waals surface area contributed by atoms with E-state index in [1.165, 1.54) is 6.92 Å². The molecule has 3 rings (SSSR count). The van der Waals surface area contributed by atoms with Gasteiger partial charge in [-0.3, -0.25) is 14.4 Å². The summed E-state index contributed by atoms with van der Waals surface area (Å²) in [4.78, 5) is 56.8. The van der Waals surface area contributed by atoms with Gasteiger partial charge in [-0.2, -0.15) is 26.3 Å². The maximum atomic E-state index is 12.7. The van der Waals surface area contributed by atoms with Gasteiger partial charge in [0.15, 0.2) is 0 Å². The number of hydrogen-bond donors (Lipinski definition) is 4. The number of alkyl carbamates (subject to hydrolysis) is 1. The SMILES string of the molecule is C[C@H](NC(=O)[C@H](Cc1ccccc1)NC(=O)OCc1ccccc1)C(=O)O.O=CC(C(=O)O)c1c(C(F)(F)F)cccc1C(F)(F)F. The van der Waals surface area contributed by atoms with Gasteiger partial charge in [-0.05, 0) is 35.7 Å². The number of carbonyl (C=O) groups excluding carboxylic acids is 3. The molecule has 0 aliphatic heterocycles. The molecule has 0 radical (unpaired) electrons. The zero-order valence-corrected chi connectivity index (χ0v) is 24.3. The van der Waals surface area contributed by atoms with Crippen molar-refractivity contribution in [3.8, 4) is 0 Å². The van der Waals surface area contributed by atoms with E-state index in [1.54, 1.807) is 0 Å². The Balaban J connectivity index is 0.000000343. The minimum atomic E-state index is -5.21. The topological polar surface area (TPSA) is 159 Å². The Labute approximate surface area is 263 Å². The molecule has 0 fully saturated rings. The molecular weight excluding hydrogens is 642 g/mol. The standard InChI is InChI=1S/C20H22N2O5.C11H6F6O3/c1-14(19(24)25)21-18(23)17(12-15-8-4-2-5-9-15)22-20(26)27-13-16-10-6-3-7-11-16;12-10(13,14)6-2-1-3-7(11(15,16)17)8(6)5(4-18)9(19)20/h2-11,14,17H,12-13H2,1H3,(H,21,23)(H,22,26)(H,24,25);1-5H,(H,19,20)/t14-,17-;/m0./s1. The zero-order chi connectivity index (χ0) is 35.4. The van der Waals surface area contributed by atoms with Crippen LogP contribution in [0.4, 0.5) is 31.1 Å². The second-order valence-corrected chi connectivity index (χ2v) is 9.73. The van der Waals surface area contributed by atoms with Gasteiger partial charge in [-0.1, -0.05) is 66.7 Å². The van der Waals surface area contributed by atoms with Gasteiger partial charge in [-0.15, -0.1) is 0 Å². The Morgan fingerprint density at radius 2 is 1.23 bits per heavy atom. The fourth-order valence-corrected chi connectivity index (χ4v) is 3.99. The molecule has 0 aromatic heterocycles. The fourth-order valence-electron chi connectivity index (χ4n) is 3.99. The quantitative estimate of drug-likeness (QED) is 0.123. The first kappa shape index (κ1) is 37.8. The van der Waals surface area contributed by atoms with E-state index in [0.29, 0.717) is 18.2 Å². The van der Waals surface area contributed by atoms with E-state index >= 15 is 0 Å². The number of aliphatic carboxylic acids is 2. The average Bonchev–Trinajstić information content (AvgIpc) is 3.00. The minimum absolute atomic E-state index is 0.0673. The van der Waals surface area contributed by atoms with E-state index in [4.69, 9.17) is 14.9 Å². The first-order valence-corrected chi connectivity index (χ1v) is 13.4. The number of nitrogens with one attached hydrogen (secondary N) is 2. The number of hydrogen-bond acceptors (Lipinski definition) is 6. The summed E-state index contributed by atoms with van der Waals surface area (Å²) in [5.74, 6) is -6.40. The van der Waals surface area contributed by atoms with Gasteiger partial charge in [0.2, 0.25) is 5.91 Å². The second-order valence-electron chi connectivity index (χ2n) is 9.73. The molecule has 3 aromatic rings. The van der Waals surface area contributed by atoms with Crippen LogP contribution in [-0.4, -0.2) is 52.5 Å². The lowest BCUT2D eigenvalue weighted by molar-refractivity contribution is -0.147. The molecule has 0 aliphatic carbocycles. The van der Waals surface area contributed by atoms with E-state index in [0.717, 1.165) is 11.1 Å². The average molecular weight is 671 g/mol. The van der Waals surface area contributed by atoms with Crippen LogP contribution in [-0.2, 0) is 49.3 Å². The molecule has 0 saturated carbocycles. The van der Waals surface area contributed by atoms with Crippen molar-refractivity contribution >= 4 is 30.2 Å². The third kappa shape index (κ3) is 11.8. The number of carbonyl (C=O) groups is 5. The lowest BCUT2D eigenvalue weighted by Gasteiger charge is -2.20. The minimum Gasteiger partial charge on any atom is -0.480 e. The lowest BCUT2D eigenvalue weighted by atomic mass is 9.90. The van der Waals surface area contributed by atoms with Crippen molar-refractivity contribution in [1.29, 1.82) is 0 Å². The normalized spacial score (nSPS) is 13.1. The van der Waals surface area contributed by atoms with Crippen molar-refractivity contribution in [2.45, 2.75) is 50.3 Å². The van der Waals surface area contributed by atoms with Gasteiger partial charge in [0, 0.05) is 6.42 Å². The largest absolute Gasteiger partial charge is 0.480 e.